The number of halogens is 1. The van der Waals surface area contributed by atoms with Gasteiger partial charge >= 0.3 is 0 Å². The number of aryl methyl sites for hydroxylation is 1. The molecule has 0 spiro atoms. The van der Waals surface area contributed by atoms with E-state index in [0.717, 1.165) is 6.42 Å². The van der Waals surface area contributed by atoms with Crippen LogP contribution in [0.5, 0.6) is 0 Å². The van der Waals surface area contributed by atoms with E-state index < -0.39 is 0 Å². The number of benzene rings is 1. The zero-order valence-electron chi connectivity index (χ0n) is 9.63. The number of alkyl halides is 1. The second-order valence-corrected chi connectivity index (χ2v) is 5.65. The van der Waals surface area contributed by atoms with Crippen molar-refractivity contribution in [3.05, 3.63) is 34.9 Å². The molecule has 86 valence electrons. The summed E-state index contributed by atoms with van der Waals surface area (Å²) >= 11 is 3.46. The van der Waals surface area contributed by atoms with Gasteiger partial charge < -0.3 is 0 Å². The van der Waals surface area contributed by atoms with Gasteiger partial charge in [0, 0.05) is 0 Å². The molecule has 1 unspecified atom stereocenters. The van der Waals surface area contributed by atoms with E-state index in [1.54, 1.807) is 6.92 Å². The Hall–Kier alpha value is -0.630. The molecule has 0 saturated carbocycles. The molecule has 0 heterocycles. The second-order valence-electron chi connectivity index (χ2n) is 4.54. The molecule has 0 bridgehead atoms. The zero-order chi connectivity index (χ0) is 11.5. The fourth-order valence-corrected chi connectivity index (χ4v) is 2.74. The molecule has 1 nitrogen and oxygen atoms in total. The van der Waals surface area contributed by atoms with Gasteiger partial charge in [0.25, 0.3) is 0 Å². The van der Waals surface area contributed by atoms with Crippen LogP contribution in [-0.2, 0) is 24.1 Å². The molecule has 16 heavy (non-hydrogen) atoms. The highest BCUT2D eigenvalue weighted by Gasteiger charge is 2.16. The highest BCUT2D eigenvalue weighted by atomic mass is 79.9. The molecule has 0 aromatic heterocycles. The van der Waals surface area contributed by atoms with Gasteiger partial charge in [0.05, 0.1) is 4.83 Å². The van der Waals surface area contributed by atoms with Gasteiger partial charge in [-0.1, -0.05) is 34.1 Å². The molecule has 0 radical (unpaired) electrons. The van der Waals surface area contributed by atoms with Gasteiger partial charge in [-0.3, -0.25) is 4.79 Å². The number of hydrogen-bond acceptors (Lipinski definition) is 1. The van der Waals surface area contributed by atoms with Gasteiger partial charge in [0.2, 0.25) is 0 Å². The maximum absolute atomic E-state index is 11.3. The molecule has 0 saturated heterocycles. The van der Waals surface area contributed by atoms with Crippen molar-refractivity contribution >= 4 is 21.7 Å². The van der Waals surface area contributed by atoms with E-state index in [4.69, 9.17) is 0 Å². The number of carbonyl (C=O) groups excluding carboxylic acids is 1. The molecule has 1 aliphatic carbocycles. The Kier molecular flexibility index (Phi) is 3.80. The van der Waals surface area contributed by atoms with Crippen LogP contribution in [0.4, 0.5) is 0 Å². The standard InChI is InChI=1S/C14H17BrO/c1-10(16)14(15)9-12-7-4-6-11-5-2-3-8-13(11)12/h4,6-7,14H,2-3,5,8-9H2,1H3. The smallest absolute Gasteiger partial charge is 0.143 e. The second kappa shape index (κ2) is 5.13. The molecule has 0 amide bonds. The summed E-state index contributed by atoms with van der Waals surface area (Å²) in [5.74, 6) is 0.216. The molecule has 1 aliphatic rings. The number of ketones is 1. The van der Waals surface area contributed by atoms with E-state index in [-0.39, 0.29) is 10.6 Å². The lowest BCUT2D eigenvalue weighted by molar-refractivity contribution is -0.116. The predicted octanol–water partition coefficient (Wildman–Crippen LogP) is 3.46. The summed E-state index contributed by atoms with van der Waals surface area (Å²) in [4.78, 5) is 11.2. The van der Waals surface area contributed by atoms with Crippen LogP contribution in [0.25, 0.3) is 0 Å². The Morgan fingerprint density at radius 3 is 2.88 bits per heavy atom. The van der Waals surface area contributed by atoms with Gasteiger partial charge in [-0.15, -0.1) is 0 Å². The third kappa shape index (κ3) is 2.54. The van der Waals surface area contributed by atoms with E-state index >= 15 is 0 Å². The lowest BCUT2D eigenvalue weighted by Gasteiger charge is -2.20. The first-order chi connectivity index (χ1) is 7.68. The Bertz CT molecular complexity index is 398. The number of Topliss-reactive ketones (excluding diaryl/α,β-unsaturated/α-hetero) is 1. The number of hydrogen-bond donors (Lipinski definition) is 0. The number of carbonyl (C=O) groups is 1. The van der Waals surface area contributed by atoms with Gasteiger partial charge in [-0.25, -0.2) is 0 Å². The fourth-order valence-electron chi connectivity index (χ4n) is 2.39. The minimum Gasteiger partial charge on any atom is -0.299 e. The Morgan fingerprint density at radius 2 is 2.12 bits per heavy atom. The Balaban J connectivity index is 2.24. The third-order valence-electron chi connectivity index (χ3n) is 3.33. The molecule has 0 N–H and O–H groups in total. The summed E-state index contributed by atoms with van der Waals surface area (Å²) in [7, 11) is 0. The van der Waals surface area contributed by atoms with Crippen LogP contribution in [0.3, 0.4) is 0 Å². The Morgan fingerprint density at radius 1 is 1.38 bits per heavy atom. The first kappa shape index (κ1) is 11.8. The summed E-state index contributed by atoms with van der Waals surface area (Å²) in [5, 5.41) is 0. The predicted molar refractivity (Wildman–Crippen MR) is 70.2 cm³/mol. The molecule has 1 atom stereocenters. The summed E-state index contributed by atoms with van der Waals surface area (Å²) in [5.41, 5.74) is 4.35. The van der Waals surface area contributed by atoms with Crippen LogP contribution in [0.15, 0.2) is 18.2 Å². The van der Waals surface area contributed by atoms with Crippen molar-refractivity contribution < 1.29 is 4.79 Å². The summed E-state index contributed by atoms with van der Waals surface area (Å²) in [6.07, 6.45) is 5.82. The molecule has 2 heteroatoms. The molecule has 1 aromatic carbocycles. The van der Waals surface area contributed by atoms with Gasteiger partial charge in [0.1, 0.15) is 5.78 Å². The minimum atomic E-state index is -0.0269. The first-order valence-electron chi connectivity index (χ1n) is 5.92. The van der Waals surface area contributed by atoms with Crippen molar-refractivity contribution in [2.45, 2.75) is 43.9 Å². The quantitative estimate of drug-likeness (QED) is 0.775. The average molecular weight is 281 g/mol. The Labute approximate surface area is 105 Å². The SMILES string of the molecule is CC(=O)C(Br)Cc1cccc2c1CCCC2. The summed E-state index contributed by atoms with van der Waals surface area (Å²) < 4.78 is 0. The summed E-state index contributed by atoms with van der Waals surface area (Å²) in [6.45, 7) is 1.65. The van der Waals surface area contributed by atoms with Crippen LogP contribution in [0, 0.1) is 0 Å². The van der Waals surface area contributed by atoms with Crippen LogP contribution in [0.2, 0.25) is 0 Å². The van der Waals surface area contributed by atoms with Crippen LogP contribution >= 0.6 is 15.9 Å². The maximum Gasteiger partial charge on any atom is 0.143 e. The van der Waals surface area contributed by atoms with Gasteiger partial charge in [0.15, 0.2) is 0 Å². The average Bonchev–Trinajstić information content (AvgIpc) is 2.29. The topological polar surface area (TPSA) is 17.1 Å². The number of rotatable bonds is 3. The first-order valence-corrected chi connectivity index (χ1v) is 6.84. The maximum atomic E-state index is 11.3. The van der Waals surface area contributed by atoms with Crippen molar-refractivity contribution in [2.24, 2.45) is 0 Å². The molecular weight excluding hydrogens is 264 g/mol. The van der Waals surface area contributed by atoms with Gasteiger partial charge in [-0.05, 0) is 55.7 Å². The number of fused-ring (bicyclic) bond motifs is 1. The van der Waals surface area contributed by atoms with Crippen molar-refractivity contribution in [3.8, 4) is 0 Å². The molecular formula is C14H17BrO. The van der Waals surface area contributed by atoms with Crippen molar-refractivity contribution in [1.29, 1.82) is 0 Å². The third-order valence-corrected chi connectivity index (χ3v) is 4.30. The van der Waals surface area contributed by atoms with E-state index in [0.29, 0.717) is 0 Å². The minimum absolute atomic E-state index is 0.0269. The van der Waals surface area contributed by atoms with E-state index in [9.17, 15) is 4.79 Å². The molecule has 1 aromatic rings. The van der Waals surface area contributed by atoms with Gasteiger partial charge in [-0.2, -0.15) is 0 Å². The lowest BCUT2D eigenvalue weighted by atomic mass is 9.87. The summed E-state index contributed by atoms with van der Waals surface area (Å²) in [6, 6.07) is 6.52. The van der Waals surface area contributed by atoms with Crippen molar-refractivity contribution in [3.63, 3.8) is 0 Å². The zero-order valence-corrected chi connectivity index (χ0v) is 11.2. The lowest BCUT2D eigenvalue weighted by Crippen LogP contribution is -2.15. The van der Waals surface area contributed by atoms with E-state index in [1.807, 2.05) is 0 Å². The largest absolute Gasteiger partial charge is 0.299 e. The fraction of sp³-hybridized carbons (Fsp3) is 0.500. The molecule has 0 aliphatic heterocycles. The normalized spacial score (nSPS) is 16.6. The van der Waals surface area contributed by atoms with Crippen LogP contribution < -0.4 is 0 Å². The molecule has 0 fully saturated rings. The monoisotopic (exact) mass is 280 g/mol. The highest BCUT2D eigenvalue weighted by Crippen LogP contribution is 2.26. The highest BCUT2D eigenvalue weighted by molar-refractivity contribution is 9.10. The molecule has 2 rings (SSSR count). The van der Waals surface area contributed by atoms with Crippen molar-refractivity contribution in [1.82, 2.24) is 0 Å². The van der Waals surface area contributed by atoms with Crippen LogP contribution in [0.1, 0.15) is 36.5 Å². The van der Waals surface area contributed by atoms with E-state index in [2.05, 4.69) is 34.1 Å². The van der Waals surface area contributed by atoms with E-state index in [1.165, 1.54) is 42.4 Å². The van der Waals surface area contributed by atoms with Crippen molar-refractivity contribution in [2.75, 3.05) is 0 Å². The van der Waals surface area contributed by atoms with Crippen LogP contribution in [-0.4, -0.2) is 10.6 Å².